The second-order valence-corrected chi connectivity index (χ2v) is 31.4. The Kier molecular flexibility index (Phi) is 36.4. The van der Waals surface area contributed by atoms with Gasteiger partial charge in [0.2, 0.25) is 70.9 Å². The van der Waals surface area contributed by atoms with Gasteiger partial charge in [0.1, 0.15) is 65.8 Å². The lowest BCUT2D eigenvalue weighted by molar-refractivity contribution is -0.180. The number of ether oxygens (including phenoxy) is 4. The summed E-state index contributed by atoms with van der Waals surface area (Å²) in [6.45, 7) is 17.4. The number of halogens is 12. The Balaban J connectivity index is 0.000000267. The summed E-state index contributed by atoms with van der Waals surface area (Å²) in [6, 6.07) is 3.13. The molecule has 45 heteroatoms. The molecule has 3 saturated heterocycles. The van der Waals surface area contributed by atoms with Crippen molar-refractivity contribution in [1.29, 1.82) is 0 Å². The van der Waals surface area contributed by atoms with Crippen molar-refractivity contribution in [1.82, 2.24) is 57.1 Å². The van der Waals surface area contributed by atoms with Gasteiger partial charge in [0.25, 0.3) is 35.6 Å². The third-order valence-electron chi connectivity index (χ3n) is 22.5. The SMILES string of the molecule is CCC(C)C1C(=O)O[C@H](C)[C@H](NC(=O)c2ccccc2O)C(=O)N[C@@H](Cc2c(F)nc(F)c(F)c2F)[C@@H](O)[C@@H](C)C(=O)N1C.CCC(C)C1NC(=O)[C@H](C)[C@H](O)[C@H](Cc2c(F)nc(F)c(F)c2F)NC(=O)[C@@H](NC(=O)c2ccccc2O)[C@@H](C)OC1=O.CCC(C)C1OC(=O)[C@H](C)[C@H](O)[C@H](Cc2c(F)nc(F)c(F)c2F)NC(=O)[C@@H](NC(=O)c2ccccc2O)[C@@H](C)OC1=O. The van der Waals surface area contributed by atoms with E-state index in [1.165, 1.54) is 114 Å². The molecule has 3 fully saturated rings. The molecular weight excluding hydrogens is 1750 g/mol. The molecule has 13 N–H and O–H groups in total. The van der Waals surface area contributed by atoms with Gasteiger partial charge >= 0.3 is 23.9 Å². The molecule has 130 heavy (non-hydrogen) atoms. The van der Waals surface area contributed by atoms with E-state index < -0.39 is 321 Å². The highest BCUT2D eigenvalue weighted by atomic mass is 19.2. The van der Waals surface area contributed by atoms with Crippen LogP contribution in [-0.2, 0) is 81.4 Å². The minimum atomic E-state index is -2.11. The van der Waals surface area contributed by atoms with Crippen LogP contribution in [0.25, 0.3) is 0 Å². The molecule has 0 radical (unpaired) electrons. The Labute approximate surface area is 734 Å². The van der Waals surface area contributed by atoms with Crippen LogP contribution in [0.2, 0.25) is 0 Å². The van der Waals surface area contributed by atoms with E-state index in [4.69, 9.17) is 18.9 Å². The number of hydrogen-bond acceptors (Lipinski definition) is 25. The summed E-state index contributed by atoms with van der Waals surface area (Å²) in [4.78, 5) is 168. The number of cyclic esters (lactones) is 4. The van der Waals surface area contributed by atoms with Crippen LogP contribution in [0.3, 0.4) is 0 Å². The first kappa shape index (κ1) is 104. The number of aliphatic hydroxyl groups excluding tert-OH is 3. The number of carbonyl (C=O) groups excluding carboxylic acids is 12. The fourth-order valence-corrected chi connectivity index (χ4v) is 13.9. The molecule has 6 aromatic rings. The summed E-state index contributed by atoms with van der Waals surface area (Å²) in [5, 5.41) is 80.1. The van der Waals surface area contributed by atoms with Crippen LogP contribution >= 0.6 is 0 Å². The fourth-order valence-electron chi connectivity index (χ4n) is 13.9. The fraction of sp³-hybridized carbons (Fsp3) is 0.471. The number of hydrogen-bond donors (Lipinski definition) is 13. The van der Waals surface area contributed by atoms with Crippen LogP contribution < -0.4 is 37.2 Å². The van der Waals surface area contributed by atoms with Crippen LogP contribution in [0.4, 0.5) is 52.7 Å². The number of aromatic hydroxyl groups is 3. The maximum Gasteiger partial charge on any atom is 0.348 e. The second kappa shape index (κ2) is 45.4. The maximum atomic E-state index is 14.6. The molecule has 21 atom stereocenters. The first-order valence-electron chi connectivity index (χ1n) is 40.6. The molecule has 0 saturated carbocycles. The maximum absolute atomic E-state index is 14.6. The van der Waals surface area contributed by atoms with Crippen molar-refractivity contribution in [3.63, 3.8) is 0 Å². The topological polar surface area (TPSA) is 489 Å². The lowest BCUT2D eigenvalue weighted by atomic mass is 9.90. The normalized spacial score (nSPS) is 25.8. The van der Waals surface area contributed by atoms with E-state index >= 15 is 0 Å². The van der Waals surface area contributed by atoms with E-state index in [9.17, 15) is 141 Å². The number of carbonyl (C=O) groups is 12. The predicted molar refractivity (Wildman–Crippen MR) is 426 cm³/mol. The summed E-state index contributed by atoms with van der Waals surface area (Å²) >= 11 is 0. The number of phenols is 3. The lowest BCUT2D eigenvalue weighted by Crippen LogP contribution is -2.61. The highest BCUT2D eigenvalue weighted by Crippen LogP contribution is 2.31. The highest BCUT2D eigenvalue weighted by Gasteiger charge is 2.48. The average Bonchev–Trinajstić information content (AvgIpc) is 0.800. The van der Waals surface area contributed by atoms with Gasteiger partial charge in [-0.1, -0.05) is 105 Å². The zero-order valence-corrected chi connectivity index (χ0v) is 71.8. The summed E-state index contributed by atoms with van der Waals surface area (Å²) < 4.78 is 191. The molecule has 9 rings (SSSR count). The molecule has 0 bridgehead atoms. The number of nitrogens with one attached hydrogen (secondary N) is 7. The minimum Gasteiger partial charge on any atom is -0.507 e. The zero-order chi connectivity index (χ0) is 97.4. The molecular formula is C85H97F12N11O22. The first-order valence-corrected chi connectivity index (χ1v) is 40.6. The molecule has 3 aromatic heterocycles. The van der Waals surface area contributed by atoms with Crippen LogP contribution in [0.15, 0.2) is 72.8 Å². The van der Waals surface area contributed by atoms with Gasteiger partial charge in [-0.3, -0.25) is 43.2 Å². The summed E-state index contributed by atoms with van der Waals surface area (Å²) in [5.74, 6) is -43.0. The number of benzene rings is 3. The number of esters is 4. The van der Waals surface area contributed by atoms with Crippen LogP contribution in [-0.4, -0.2) is 220 Å². The van der Waals surface area contributed by atoms with Crippen molar-refractivity contribution < 1.29 is 160 Å². The van der Waals surface area contributed by atoms with Crippen molar-refractivity contribution >= 4 is 71.1 Å². The van der Waals surface area contributed by atoms with Crippen molar-refractivity contribution in [2.24, 2.45) is 35.5 Å². The standard InChI is InChI=1S/C29H34F4N4O7.C28H32F4N4O7.C28H31F4N3O8/c1-6-12(2)22-29(43)44-14(4)21(35-26(40)15-9-7-8-10-18(15)38)27(41)34-17(23(39)13(3)28(42)37(22)5)11-16-19(30)20(31)25(33)36-24(16)32;1-5-11(2)20-28(42)43-13(4)21(35-26(40)14-8-6-7-9-17(14)37)27(41)33-16(22(38)12(3)25(39)34-20)10-15-18(29)19(30)24(32)36-23(15)31;1-5-11(2)22-28(41)42-13(4)20(34-25(38)14-8-6-7-9-17(14)36)26(39)33-16(21(37)12(3)27(40)43-22)10-15-18(29)19(30)24(32)35-23(15)31/h7-10,12-14,17,21-23,38-39H,6,11H2,1-5H3,(H,34,41)(H,35,40);6-9,11-13,16,20-22,37-38H,5,10H2,1-4H3,(H,33,41)(H,34,39)(H,35,40);6-9,11-13,16,20-22,36-37H,5,10H2,1-4H3,(H,33,39)(H,34,38)/t12?,13-,14-,17+,21+,22?,23+;11?,12-,13-,16+,20?,21+,22+;11?,12-,13-,16+,20+,21+,22?/m111/s1. The Bertz CT molecular complexity index is 5000. The lowest BCUT2D eigenvalue weighted by Gasteiger charge is -2.38. The molecule has 33 nitrogen and oxygen atoms in total. The van der Waals surface area contributed by atoms with Gasteiger partial charge in [-0.25, -0.2) is 27.6 Å². The Morgan fingerprint density at radius 1 is 0.392 bits per heavy atom. The molecule has 6 heterocycles. The van der Waals surface area contributed by atoms with Crippen LogP contribution in [0, 0.1) is 106 Å². The Morgan fingerprint density at radius 3 is 1.03 bits per heavy atom. The number of phenolic OH excluding ortho intramolecular Hbond substituents is 3. The second-order valence-electron chi connectivity index (χ2n) is 31.4. The molecule has 0 aliphatic carbocycles. The molecule has 708 valence electrons. The van der Waals surface area contributed by atoms with Crippen molar-refractivity contribution in [3.8, 4) is 17.2 Å². The number of amides is 8. The van der Waals surface area contributed by atoms with E-state index in [1.807, 2.05) is 0 Å². The van der Waals surface area contributed by atoms with E-state index in [-0.39, 0.29) is 16.7 Å². The van der Waals surface area contributed by atoms with Gasteiger partial charge in [0.05, 0.1) is 70.9 Å². The van der Waals surface area contributed by atoms with Gasteiger partial charge in [0.15, 0.2) is 17.5 Å². The predicted octanol–water partition coefficient (Wildman–Crippen LogP) is 5.70. The number of para-hydroxylation sites is 3. The molecule has 0 spiro atoms. The quantitative estimate of drug-likeness (QED) is 0.0212. The number of likely N-dealkylation sites (N-methyl/N-ethyl adjacent to an activating group) is 1. The smallest absolute Gasteiger partial charge is 0.348 e. The number of aromatic nitrogens is 3. The number of pyridine rings is 3. The van der Waals surface area contributed by atoms with E-state index in [0.29, 0.717) is 19.3 Å². The summed E-state index contributed by atoms with van der Waals surface area (Å²) in [7, 11) is 1.30. The third-order valence-corrected chi connectivity index (χ3v) is 22.5. The molecule has 3 aliphatic heterocycles. The van der Waals surface area contributed by atoms with E-state index in [0.717, 1.165) is 11.8 Å². The summed E-state index contributed by atoms with van der Waals surface area (Å²) in [5.41, 5.74) is -4.15. The van der Waals surface area contributed by atoms with E-state index in [1.54, 1.807) is 41.5 Å². The minimum absolute atomic E-state index is 0.241. The Morgan fingerprint density at radius 2 is 0.700 bits per heavy atom. The van der Waals surface area contributed by atoms with Gasteiger partial charge in [-0.2, -0.15) is 54.5 Å². The molecule has 8 amide bonds. The molecule has 3 aromatic carbocycles. The number of nitrogens with zero attached hydrogens (tertiary/aromatic N) is 4. The zero-order valence-electron chi connectivity index (χ0n) is 71.8. The first-order chi connectivity index (χ1) is 60.9. The number of rotatable bonds is 18. The van der Waals surface area contributed by atoms with Crippen molar-refractivity contribution in [2.45, 2.75) is 213 Å². The number of aliphatic hydroxyl groups is 3. The van der Waals surface area contributed by atoms with Gasteiger partial charge in [-0.15, -0.1) is 0 Å². The van der Waals surface area contributed by atoms with Crippen LogP contribution in [0.5, 0.6) is 17.2 Å². The van der Waals surface area contributed by atoms with Crippen LogP contribution in [0.1, 0.15) is 150 Å². The highest BCUT2D eigenvalue weighted by molar-refractivity contribution is 6.02. The van der Waals surface area contributed by atoms with Gasteiger partial charge < -0.3 is 91.7 Å². The van der Waals surface area contributed by atoms with Crippen molar-refractivity contribution in [3.05, 3.63) is 177 Å². The van der Waals surface area contributed by atoms with Crippen molar-refractivity contribution in [2.75, 3.05) is 7.05 Å². The molecule has 6 unspecified atom stereocenters. The monoisotopic (exact) mass is 1850 g/mol. The summed E-state index contributed by atoms with van der Waals surface area (Å²) in [6.07, 6.45) is -13.5. The van der Waals surface area contributed by atoms with E-state index in [2.05, 4.69) is 52.2 Å². The van der Waals surface area contributed by atoms with Gasteiger partial charge in [0, 0.05) is 48.9 Å². The average molecular weight is 1850 g/mol. The van der Waals surface area contributed by atoms with Gasteiger partial charge in [-0.05, 0) is 82.3 Å². The molecule has 3 aliphatic rings. The largest absolute Gasteiger partial charge is 0.507 e. The Hall–Kier alpha value is -12.8. The third kappa shape index (κ3) is 24.8.